The van der Waals surface area contributed by atoms with Gasteiger partial charge in [0.05, 0.1) is 13.2 Å². The zero-order valence-corrected chi connectivity index (χ0v) is 14.6. The van der Waals surface area contributed by atoms with Crippen molar-refractivity contribution >= 4 is 5.96 Å². The van der Waals surface area contributed by atoms with Crippen LogP contribution in [0.5, 0.6) is 0 Å². The average molecular weight is 317 g/mol. The molecule has 0 heterocycles. The van der Waals surface area contributed by atoms with E-state index >= 15 is 0 Å². The van der Waals surface area contributed by atoms with Gasteiger partial charge in [-0.3, -0.25) is 0 Å². The van der Waals surface area contributed by atoms with Crippen molar-refractivity contribution in [2.45, 2.75) is 65.1 Å². The summed E-state index contributed by atoms with van der Waals surface area (Å²) in [6.45, 7) is 7.30. The first-order chi connectivity index (χ1) is 11.3. The van der Waals surface area contributed by atoms with Gasteiger partial charge in [-0.25, -0.2) is 4.99 Å². The summed E-state index contributed by atoms with van der Waals surface area (Å²) in [7, 11) is 0. The summed E-state index contributed by atoms with van der Waals surface area (Å²) in [4.78, 5) is 4.77. The maximum absolute atomic E-state index is 5.69. The molecule has 4 nitrogen and oxygen atoms in total. The summed E-state index contributed by atoms with van der Waals surface area (Å²) in [6, 6.07) is 9.01. The molecular weight excluding hydrogens is 286 g/mol. The number of rotatable bonds is 8. The van der Waals surface area contributed by atoms with Gasteiger partial charge in [0.1, 0.15) is 0 Å². The Bertz CT molecular complexity index is 481. The second-order valence-corrected chi connectivity index (χ2v) is 6.14. The Hall–Kier alpha value is -1.55. The quantitative estimate of drug-likeness (QED) is 0.437. The van der Waals surface area contributed by atoms with E-state index in [1.807, 2.05) is 0 Å². The minimum absolute atomic E-state index is 0.580. The van der Waals surface area contributed by atoms with Crippen LogP contribution in [-0.2, 0) is 17.9 Å². The van der Waals surface area contributed by atoms with Gasteiger partial charge in [0.15, 0.2) is 5.96 Å². The summed E-state index contributed by atoms with van der Waals surface area (Å²) >= 11 is 0. The maximum Gasteiger partial charge on any atom is 0.191 e. The highest BCUT2D eigenvalue weighted by Gasteiger charge is 2.15. The molecule has 128 valence electrons. The van der Waals surface area contributed by atoms with Crippen molar-refractivity contribution in [1.82, 2.24) is 10.6 Å². The molecule has 4 heteroatoms. The Morgan fingerprint density at radius 2 is 1.91 bits per heavy atom. The smallest absolute Gasteiger partial charge is 0.191 e. The van der Waals surface area contributed by atoms with Gasteiger partial charge < -0.3 is 15.4 Å². The summed E-state index contributed by atoms with van der Waals surface area (Å²) < 4.78 is 5.69. The zero-order chi connectivity index (χ0) is 16.3. The van der Waals surface area contributed by atoms with E-state index in [1.54, 1.807) is 0 Å². The molecule has 0 unspecified atom stereocenters. The highest BCUT2D eigenvalue weighted by Crippen LogP contribution is 2.17. The lowest BCUT2D eigenvalue weighted by atomic mass is 10.1. The van der Waals surface area contributed by atoms with Gasteiger partial charge in [-0.05, 0) is 37.3 Å². The van der Waals surface area contributed by atoms with Crippen molar-refractivity contribution in [1.29, 1.82) is 0 Å². The second-order valence-electron chi connectivity index (χ2n) is 6.14. The lowest BCUT2D eigenvalue weighted by Crippen LogP contribution is -2.42. The van der Waals surface area contributed by atoms with Crippen LogP contribution in [0.15, 0.2) is 29.3 Å². The van der Waals surface area contributed by atoms with Crippen molar-refractivity contribution in [2.24, 2.45) is 4.99 Å². The topological polar surface area (TPSA) is 45.6 Å². The van der Waals surface area contributed by atoms with E-state index in [9.17, 15) is 0 Å². The lowest BCUT2D eigenvalue weighted by Gasteiger charge is -2.17. The zero-order valence-electron chi connectivity index (χ0n) is 14.6. The minimum atomic E-state index is 0.580. The molecule has 0 bridgehead atoms. The summed E-state index contributed by atoms with van der Waals surface area (Å²) in [5.74, 6) is 0.934. The number of ether oxygens (including phenoxy) is 1. The van der Waals surface area contributed by atoms with Crippen molar-refractivity contribution in [3.63, 3.8) is 0 Å². The monoisotopic (exact) mass is 317 g/mol. The van der Waals surface area contributed by atoms with E-state index in [-0.39, 0.29) is 0 Å². The normalized spacial score (nSPS) is 15.8. The molecule has 0 aliphatic heterocycles. The Morgan fingerprint density at radius 1 is 1.17 bits per heavy atom. The van der Waals surface area contributed by atoms with E-state index < -0.39 is 0 Å². The van der Waals surface area contributed by atoms with Gasteiger partial charge >= 0.3 is 0 Å². The van der Waals surface area contributed by atoms with Crippen LogP contribution in [0.25, 0.3) is 0 Å². The van der Waals surface area contributed by atoms with E-state index in [0.29, 0.717) is 19.2 Å². The van der Waals surface area contributed by atoms with Crippen molar-refractivity contribution in [2.75, 3.05) is 13.2 Å². The lowest BCUT2D eigenvalue weighted by molar-refractivity contribution is 0.121. The molecule has 0 spiro atoms. The second kappa shape index (κ2) is 10.3. The third kappa shape index (κ3) is 6.22. The van der Waals surface area contributed by atoms with Crippen molar-refractivity contribution in [3.05, 3.63) is 35.4 Å². The molecule has 1 aliphatic carbocycles. The summed E-state index contributed by atoms with van der Waals surface area (Å²) in [5.41, 5.74) is 2.48. The first kappa shape index (κ1) is 17.8. The predicted molar refractivity (Wildman–Crippen MR) is 96.6 cm³/mol. The van der Waals surface area contributed by atoms with Gasteiger partial charge in [0.2, 0.25) is 0 Å². The van der Waals surface area contributed by atoms with Gasteiger partial charge in [-0.15, -0.1) is 0 Å². The van der Waals surface area contributed by atoms with Crippen LogP contribution in [0.3, 0.4) is 0 Å². The molecule has 1 fully saturated rings. The third-order valence-corrected chi connectivity index (χ3v) is 4.17. The van der Waals surface area contributed by atoms with Crippen LogP contribution in [0.4, 0.5) is 0 Å². The van der Waals surface area contributed by atoms with Crippen LogP contribution < -0.4 is 10.6 Å². The number of nitrogens with zero attached hydrogens (tertiary/aromatic N) is 1. The molecule has 0 saturated heterocycles. The molecule has 0 radical (unpaired) electrons. The highest BCUT2D eigenvalue weighted by molar-refractivity contribution is 5.80. The Kier molecular flexibility index (Phi) is 7.95. The largest absolute Gasteiger partial charge is 0.377 e. The van der Waals surface area contributed by atoms with Crippen molar-refractivity contribution in [3.8, 4) is 0 Å². The number of hydrogen-bond acceptors (Lipinski definition) is 2. The fourth-order valence-electron chi connectivity index (χ4n) is 2.93. The molecule has 0 amide bonds. The van der Waals surface area contributed by atoms with Crippen LogP contribution in [0, 0.1) is 0 Å². The predicted octanol–water partition coefficient (Wildman–Crippen LogP) is 3.61. The fraction of sp³-hybridized carbons (Fsp3) is 0.632. The molecule has 2 N–H and O–H groups in total. The fourth-order valence-corrected chi connectivity index (χ4v) is 2.93. The molecule has 0 aromatic heterocycles. The molecule has 1 aromatic carbocycles. The first-order valence-electron chi connectivity index (χ1n) is 9.02. The van der Waals surface area contributed by atoms with Crippen LogP contribution in [0.2, 0.25) is 0 Å². The number of guanidine groups is 1. The van der Waals surface area contributed by atoms with Gasteiger partial charge in [0.25, 0.3) is 0 Å². The molecular formula is C19H31N3O. The summed E-state index contributed by atoms with van der Waals surface area (Å²) in [6.07, 6.45) is 6.22. The van der Waals surface area contributed by atoms with E-state index in [2.05, 4.69) is 48.7 Å². The average Bonchev–Trinajstić information content (AvgIpc) is 3.07. The van der Waals surface area contributed by atoms with Crippen LogP contribution in [0.1, 0.15) is 57.1 Å². The van der Waals surface area contributed by atoms with Gasteiger partial charge in [-0.1, -0.05) is 44.0 Å². The van der Waals surface area contributed by atoms with E-state index in [1.165, 1.54) is 36.8 Å². The molecule has 1 aromatic rings. The summed E-state index contributed by atoms with van der Waals surface area (Å²) in [5, 5.41) is 6.93. The van der Waals surface area contributed by atoms with Gasteiger partial charge in [0, 0.05) is 19.2 Å². The number of aliphatic imine (C=N–C) groups is 1. The standard InChI is InChI=1S/C19H31N3O/c1-3-13-23-15-17-10-6-5-9-16(17)14-21-19(20-4-2)22-18-11-7-8-12-18/h5-6,9-10,18H,3-4,7-8,11-15H2,1-2H3,(H2,20,21,22). The van der Waals surface area contributed by atoms with Crippen molar-refractivity contribution < 1.29 is 4.74 Å². The molecule has 1 saturated carbocycles. The third-order valence-electron chi connectivity index (χ3n) is 4.17. The SMILES string of the molecule is CCCOCc1ccccc1CN=C(NCC)NC1CCCC1. The van der Waals surface area contributed by atoms with E-state index in [0.717, 1.165) is 25.5 Å². The van der Waals surface area contributed by atoms with Crippen LogP contribution >= 0.6 is 0 Å². The van der Waals surface area contributed by atoms with E-state index in [4.69, 9.17) is 9.73 Å². The first-order valence-corrected chi connectivity index (χ1v) is 9.02. The Balaban J connectivity index is 1.97. The molecule has 1 aliphatic rings. The van der Waals surface area contributed by atoms with Crippen LogP contribution in [-0.4, -0.2) is 25.2 Å². The highest BCUT2D eigenvalue weighted by atomic mass is 16.5. The Labute approximate surface area is 140 Å². The number of nitrogens with one attached hydrogen (secondary N) is 2. The molecule has 23 heavy (non-hydrogen) atoms. The minimum Gasteiger partial charge on any atom is -0.377 e. The number of benzene rings is 1. The number of hydrogen-bond donors (Lipinski definition) is 2. The van der Waals surface area contributed by atoms with Gasteiger partial charge in [-0.2, -0.15) is 0 Å². The Morgan fingerprint density at radius 3 is 2.61 bits per heavy atom. The molecule has 2 rings (SSSR count). The molecule has 0 atom stereocenters. The maximum atomic E-state index is 5.69.